The van der Waals surface area contributed by atoms with Crippen LogP contribution in [0.1, 0.15) is 25.8 Å². The molecule has 142 valence electrons. The predicted molar refractivity (Wildman–Crippen MR) is 94.1 cm³/mol. The van der Waals surface area contributed by atoms with E-state index in [4.69, 9.17) is 9.47 Å². The van der Waals surface area contributed by atoms with Crippen LogP contribution in [-0.4, -0.2) is 44.2 Å². The first-order chi connectivity index (χ1) is 11.4. The lowest BCUT2D eigenvalue weighted by molar-refractivity contribution is -0.123. The smallest absolute Gasteiger partial charge is 0.262 e. The average molecular weight is 379 g/mol. The van der Waals surface area contributed by atoms with Gasteiger partial charge in [0.05, 0.1) is 25.8 Å². The number of halogens is 3. The molecule has 0 aliphatic carbocycles. The molecule has 0 bridgehead atoms. The van der Waals surface area contributed by atoms with Gasteiger partial charge in [0.1, 0.15) is 0 Å². The second-order valence-corrected chi connectivity index (χ2v) is 5.68. The van der Waals surface area contributed by atoms with Gasteiger partial charge in [0, 0.05) is 13.0 Å². The number of nitrogens with one attached hydrogen (secondary N) is 2. The number of carbonyl (C=O) groups is 1. The lowest BCUT2D eigenvalue weighted by atomic mass is 10.1. The van der Waals surface area contributed by atoms with Crippen LogP contribution in [0.2, 0.25) is 0 Å². The lowest BCUT2D eigenvalue weighted by Crippen LogP contribution is -2.41. The van der Waals surface area contributed by atoms with Crippen molar-refractivity contribution in [3.8, 4) is 11.5 Å². The summed E-state index contributed by atoms with van der Waals surface area (Å²) in [6.45, 7) is 4.81. The number of alkyl halides is 2. The molecular formula is C17H25ClF2N2O3. The van der Waals surface area contributed by atoms with Crippen LogP contribution < -0.4 is 20.1 Å². The Morgan fingerprint density at radius 3 is 2.56 bits per heavy atom. The zero-order valence-electron chi connectivity index (χ0n) is 14.4. The number of benzene rings is 1. The van der Waals surface area contributed by atoms with Crippen molar-refractivity contribution in [3.63, 3.8) is 0 Å². The molecule has 8 heteroatoms. The monoisotopic (exact) mass is 378 g/mol. The number of amides is 1. The third-order valence-corrected chi connectivity index (χ3v) is 3.75. The van der Waals surface area contributed by atoms with Gasteiger partial charge in [-0.25, -0.2) is 8.78 Å². The Hall–Kier alpha value is -1.60. The van der Waals surface area contributed by atoms with Crippen LogP contribution in [0.25, 0.3) is 0 Å². The normalized spacial score (nSPS) is 18.3. The maximum absolute atomic E-state index is 13.1. The summed E-state index contributed by atoms with van der Waals surface area (Å²) in [5, 5.41) is 5.24. The highest BCUT2D eigenvalue weighted by Crippen LogP contribution is 2.28. The van der Waals surface area contributed by atoms with Gasteiger partial charge < -0.3 is 14.8 Å². The third kappa shape index (κ3) is 6.32. The molecule has 1 atom stereocenters. The highest BCUT2D eigenvalue weighted by atomic mass is 35.5. The van der Waals surface area contributed by atoms with E-state index in [1.807, 2.05) is 32.0 Å². The minimum absolute atomic E-state index is 0. The van der Waals surface area contributed by atoms with Crippen LogP contribution in [0.5, 0.6) is 11.5 Å². The van der Waals surface area contributed by atoms with Crippen molar-refractivity contribution in [3.05, 3.63) is 23.8 Å². The molecule has 2 N–H and O–H groups in total. The molecule has 1 aromatic rings. The van der Waals surface area contributed by atoms with E-state index in [9.17, 15) is 13.6 Å². The topological polar surface area (TPSA) is 59.6 Å². The van der Waals surface area contributed by atoms with Gasteiger partial charge in [-0.15, -0.1) is 12.4 Å². The standard InChI is InChI=1S/C17H24F2N2O3.ClH/c1-3-23-14-6-5-12(9-15(14)24-4-2)7-8-20-16(22)13-10-17(18,19)11-21-13;/h5-6,9,13,21H,3-4,7-8,10-11H2,1-2H3,(H,20,22);1H. The Kier molecular flexibility index (Phi) is 8.38. The van der Waals surface area contributed by atoms with Gasteiger partial charge in [-0.2, -0.15) is 0 Å². The van der Waals surface area contributed by atoms with E-state index in [1.54, 1.807) is 0 Å². The minimum Gasteiger partial charge on any atom is -0.490 e. The fraction of sp³-hybridized carbons (Fsp3) is 0.588. The average Bonchev–Trinajstić information content (AvgIpc) is 2.90. The number of ether oxygens (including phenoxy) is 2. The predicted octanol–water partition coefficient (Wildman–Crippen LogP) is 2.56. The molecule has 0 saturated carbocycles. The van der Waals surface area contributed by atoms with E-state index in [0.29, 0.717) is 37.7 Å². The number of carbonyl (C=O) groups excluding carboxylic acids is 1. The molecule has 1 heterocycles. The highest BCUT2D eigenvalue weighted by molar-refractivity contribution is 5.85. The maximum atomic E-state index is 13.1. The first kappa shape index (κ1) is 21.4. The molecular weight excluding hydrogens is 354 g/mol. The molecule has 1 aliphatic heterocycles. The van der Waals surface area contributed by atoms with Crippen molar-refractivity contribution in [2.45, 2.75) is 38.7 Å². The number of hydrogen-bond acceptors (Lipinski definition) is 4. The van der Waals surface area contributed by atoms with Crippen LogP contribution in [0.4, 0.5) is 8.78 Å². The van der Waals surface area contributed by atoms with Gasteiger partial charge in [0.25, 0.3) is 5.92 Å². The molecule has 1 aliphatic rings. The molecule has 1 saturated heterocycles. The SMILES string of the molecule is CCOc1ccc(CCNC(=O)C2CC(F)(F)CN2)cc1OCC.Cl. The zero-order chi connectivity index (χ0) is 17.6. The van der Waals surface area contributed by atoms with Crippen molar-refractivity contribution >= 4 is 18.3 Å². The first-order valence-electron chi connectivity index (χ1n) is 8.22. The summed E-state index contributed by atoms with van der Waals surface area (Å²) < 4.78 is 37.2. The van der Waals surface area contributed by atoms with Gasteiger partial charge in [-0.05, 0) is 38.0 Å². The summed E-state index contributed by atoms with van der Waals surface area (Å²) in [6, 6.07) is 4.80. The Bertz CT molecular complexity index is 573. The van der Waals surface area contributed by atoms with Crippen LogP contribution in [-0.2, 0) is 11.2 Å². The molecule has 0 spiro atoms. The molecule has 1 unspecified atom stereocenters. The van der Waals surface area contributed by atoms with Gasteiger partial charge >= 0.3 is 0 Å². The number of rotatable bonds is 8. The van der Waals surface area contributed by atoms with E-state index in [2.05, 4.69) is 10.6 Å². The molecule has 1 fully saturated rings. The van der Waals surface area contributed by atoms with Crippen molar-refractivity contribution < 1.29 is 23.0 Å². The summed E-state index contributed by atoms with van der Waals surface area (Å²) in [6.07, 6.45) is 0.137. The van der Waals surface area contributed by atoms with Gasteiger partial charge in [0.15, 0.2) is 11.5 Å². The van der Waals surface area contributed by atoms with Gasteiger partial charge in [-0.3, -0.25) is 10.1 Å². The fourth-order valence-corrected chi connectivity index (χ4v) is 2.61. The largest absolute Gasteiger partial charge is 0.490 e. The van der Waals surface area contributed by atoms with Crippen molar-refractivity contribution in [2.75, 3.05) is 26.3 Å². The summed E-state index contributed by atoms with van der Waals surface area (Å²) in [5.41, 5.74) is 0.979. The van der Waals surface area contributed by atoms with Crippen LogP contribution in [0.15, 0.2) is 18.2 Å². The van der Waals surface area contributed by atoms with E-state index in [-0.39, 0.29) is 18.3 Å². The zero-order valence-corrected chi connectivity index (χ0v) is 15.3. The summed E-state index contributed by atoms with van der Waals surface area (Å²) in [5.74, 6) is -1.84. The third-order valence-electron chi connectivity index (χ3n) is 3.75. The Morgan fingerprint density at radius 2 is 1.96 bits per heavy atom. The van der Waals surface area contributed by atoms with E-state index < -0.39 is 24.9 Å². The summed E-state index contributed by atoms with van der Waals surface area (Å²) in [4.78, 5) is 11.9. The second kappa shape index (κ2) is 9.77. The van der Waals surface area contributed by atoms with Crippen molar-refractivity contribution in [1.82, 2.24) is 10.6 Å². The quantitative estimate of drug-likeness (QED) is 0.730. The molecule has 1 aromatic carbocycles. The Balaban J connectivity index is 0.00000312. The maximum Gasteiger partial charge on any atom is 0.262 e. The van der Waals surface area contributed by atoms with Crippen LogP contribution >= 0.6 is 12.4 Å². The van der Waals surface area contributed by atoms with Crippen molar-refractivity contribution in [2.24, 2.45) is 0 Å². The lowest BCUT2D eigenvalue weighted by Gasteiger charge is -2.13. The molecule has 5 nitrogen and oxygen atoms in total. The summed E-state index contributed by atoms with van der Waals surface area (Å²) in [7, 11) is 0. The Morgan fingerprint density at radius 1 is 1.28 bits per heavy atom. The molecule has 0 radical (unpaired) electrons. The van der Waals surface area contributed by atoms with Gasteiger partial charge in [-0.1, -0.05) is 6.07 Å². The van der Waals surface area contributed by atoms with Crippen LogP contribution in [0, 0.1) is 0 Å². The molecule has 25 heavy (non-hydrogen) atoms. The van der Waals surface area contributed by atoms with Crippen LogP contribution in [0.3, 0.4) is 0 Å². The summed E-state index contributed by atoms with van der Waals surface area (Å²) >= 11 is 0. The van der Waals surface area contributed by atoms with E-state index in [1.165, 1.54) is 0 Å². The molecule has 0 aromatic heterocycles. The van der Waals surface area contributed by atoms with E-state index in [0.717, 1.165) is 5.56 Å². The van der Waals surface area contributed by atoms with Crippen molar-refractivity contribution in [1.29, 1.82) is 0 Å². The fourth-order valence-electron chi connectivity index (χ4n) is 2.61. The first-order valence-corrected chi connectivity index (χ1v) is 8.22. The minimum atomic E-state index is -2.80. The van der Waals surface area contributed by atoms with E-state index >= 15 is 0 Å². The molecule has 1 amide bonds. The molecule has 2 rings (SSSR count). The highest BCUT2D eigenvalue weighted by Gasteiger charge is 2.42. The Labute approximate surface area is 152 Å². The second-order valence-electron chi connectivity index (χ2n) is 5.68. The van der Waals surface area contributed by atoms with Gasteiger partial charge in [0.2, 0.25) is 5.91 Å². The number of hydrogen-bond donors (Lipinski definition) is 2.